The van der Waals surface area contributed by atoms with E-state index in [4.69, 9.17) is 9.47 Å². The SMILES string of the molecule is COC1CCOC(C2CCCCCC2)C1. The van der Waals surface area contributed by atoms with Gasteiger partial charge in [0, 0.05) is 20.1 Å². The van der Waals surface area contributed by atoms with Crippen LogP contribution in [0, 0.1) is 5.92 Å². The van der Waals surface area contributed by atoms with Crippen LogP contribution in [0.4, 0.5) is 0 Å². The van der Waals surface area contributed by atoms with Crippen LogP contribution in [-0.2, 0) is 9.47 Å². The predicted molar refractivity (Wildman–Crippen MR) is 61.0 cm³/mol. The van der Waals surface area contributed by atoms with E-state index in [1.165, 1.54) is 38.5 Å². The van der Waals surface area contributed by atoms with E-state index in [1.54, 1.807) is 0 Å². The average molecular weight is 212 g/mol. The highest BCUT2D eigenvalue weighted by molar-refractivity contribution is 4.79. The summed E-state index contributed by atoms with van der Waals surface area (Å²) in [6.45, 7) is 0.902. The second-order valence-corrected chi connectivity index (χ2v) is 5.04. The van der Waals surface area contributed by atoms with Crippen molar-refractivity contribution in [3.8, 4) is 0 Å². The van der Waals surface area contributed by atoms with Crippen LogP contribution in [0.1, 0.15) is 51.4 Å². The van der Waals surface area contributed by atoms with Crippen molar-refractivity contribution in [3.63, 3.8) is 0 Å². The summed E-state index contributed by atoms with van der Waals surface area (Å²) in [6, 6.07) is 0. The maximum absolute atomic E-state index is 5.93. The van der Waals surface area contributed by atoms with Crippen LogP contribution in [0.15, 0.2) is 0 Å². The lowest BCUT2D eigenvalue weighted by Crippen LogP contribution is -2.35. The van der Waals surface area contributed by atoms with Crippen molar-refractivity contribution in [2.45, 2.75) is 63.6 Å². The molecule has 1 aliphatic carbocycles. The van der Waals surface area contributed by atoms with Gasteiger partial charge in [0.25, 0.3) is 0 Å². The Balaban J connectivity index is 1.84. The Hall–Kier alpha value is -0.0800. The molecule has 0 N–H and O–H groups in total. The molecule has 2 nitrogen and oxygen atoms in total. The normalized spacial score (nSPS) is 35.0. The fraction of sp³-hybridized carbons (Fsp3) is 1.00. The van der Waals surface area contributed by atoms with Crippen molar-refractivity contribution in [3.05, 3.63) is 0 Å². The molecule has 0 bridgehead atoms. The first-order valence-corrected chi connectivity index (χ1v) is 6.54. The van der Waals surface area contributed by atoms with Gasteiger partial charge in [-0.1, -0.05) is 25.7 Å². The minimum atomic E-state index is 0.451. The van der Waals surface area contributed by atoms with Crippen molar-refractivity contribution in [2.75, 3.05) is 13.7 Å². The molecule has 0 aromatic carbocycles. The van der Waals surface area contributed by atoms with E-state index in [2.05, 4.69) is 0 Å². The molecule has 88 valence electrons. The summed E-state index contributed by atoms with van der Waals surface area (Å²) in [5.74, 6) is 0.811. The fourth-order valence-corrected chi connectivity index (χ4v) is 3.02. The zero-order valence-corrected chi connectivity index (χ0v) is 9.91. The van der Waals surface area contributed by atoms with Gasteiger partial charge >= 0.3 is 0 Å². The van der Waals surface area contributed by atoms with Crippen molar-refractivity contribution in [1.82, 2.24) is 0 Å². The second kappa shape index (κ2) is 5.86. The van der Waals surface area contributed by atoms with E-state index in [9.17, 15) is 0 Å². The lowest BCUT2D eigenvalue weighted by atomic mass is 9.88. The van der Waals surface area contributed by atoms with E-state index in [0.29, 0.717) is 12.2 Å². The Morgan fingerprint density at radius 2 is 1.73 bits per heavy atom. The molecule has 2 rings (SSSR count). The van der Waals surface area contributed by atoms with Crippen molar-refractivity contribution >= 4 is 0 Å². The minimum absolute atomic E-state index is 0.451. The molecule has 2 fully saturated rings. The molecule has 2 heteroatoms. The molecule has 1 aliphatic heterocycles. The molecule has 15 heavy (non-hydrogen) atoms. The quantitative estimate of drug-likeness (QED) is 0.655. The second-order valence-electron chi connectivity index (χ2n) is 5.04. The molecule has 2 aliphatic rings. The monoisotopic (exact) mass is 212 g/mol. The summed E-state index contributed by atoms with van der Waals surface area (Å²) >= 11 is 0. The maximum atomic E-state index is 5.93. The predicted octanol–water partition coefficient (Wildman–Crippen LogP) is 3.15. The molecule has 1 saturated heterocycles. The third-order valence-corrected chi connectivity index (χ3v) is 4.03. The molecule has 0 aromatic rings. The number of hydrogen-bond donors (Lipinski definition) is 0. The van der Waals surface area contributed by atoms with Crippen LogP contribution in [-0.4, -0.2) is 25.9 Å². The van der Waals surface area contributed by atoms with E-state index in [-0.39, 0.29) is 0 Å². The van der Waals surface area contributed by atoms with Gasteiger partial charge in [-0.15, -0.1) is 0 Å². The summed E-state index contributed by atoms with van der Waals surface area (Å²) in [6.07, 6.45) is 11.6. The molecular formula is C13H24O2. The first kappa shape index (κ1) is 11.4. The molecule has 0 amide bonds. The summed E-state index contributed by atoms with van der Waals surface area (Å²) in [7, 11) is 1.83. The van der Waals surface area contributed by atoms with Gasteiger partial charge < -0.3 is 9.47 Å². The van der Waals surface area contributed by atoms with Crippen molar-refractivity contribution in [2.24, 2.45) is 5.92 Å². The van der Waals surface area contributed by atoms with Crippen molar-refractivity contribution < 1.29 is 9.47 Å². The maximum Gasteiger partial charge on any atom is 0.0628 e. The van der Waals surface area contributed by atoms with Crippen LogP contribution < -0.4 is 0 Å². The van der Waals surface area contributed by atoms with Gasteiger partial charge in [0.2, 0.25) is 0 Å². The first-order valence-electron chi connectivity index (χ1n) is 6.54. The summed E-state index contributed by atoms with van der Waals surface area (Å²) < 4.78 is 11.4. The lowest BCUT2D eigenvalue weighted by molar-refractivity contribution is -0.0832. The standard InChI is InChI=1S/C13H24O2/c1-14-12-8-9-15-13(10-12)11-6-4-2-3-5-7-11/h11-13H,2-10H2,1H3. The molecule has 2 unspecified atom stereocenters. The smallest absolute Gasteiger partial charge is 0.0628 e. The third-order valence-electron chi connectivity index (χ3n) is 4.03. The zero-order chi connectivity index (χ0) is 10.5. The van der Waals surface area contributed by atoms with Gasteiger partial charge in [-0.05, 0) is 25.2 Å². The number of rotatable bonds is 2. The topological polar surface area (TPSA) is 18.5 Å². The Kier molecular flexibility index (Phi) is 4.45. The summed E-state index contributed by atoms with van der Waals surface area (Å²) in [5.41, 5.74) is 0. The Morgan fingerprint density at radius 3 is 2.40 bits per heavy atom. The molecule has 1 heterocycles. The Labute approximate surface area is 93.3 Å². The highest BCUT2D eigenvalue weighted by Crippen LogP contribution is 2.31. The minimum Gasteiger partial charge on any atom is -0.381 e. The number of methoxy groups -OCH3 is 1. The first-order chi connectivity index (χ1) is 7.40. The van der Waals surface area contributed by atoms with Gasteiger partial charge in [-0.3, -0.25) is 0 Å². The molecule has 0 radical (unpaired) electrons. The highest BCUT2D eigenvalue weighted by Gasteiger charge is 2.29. The van der Waals surface area contributed by atoms with Crippen LogP contribution in [0.5, 0.6) is 0 Å². The molecule has 0 spiro atoms. The fourth-order valence-electron chi connectivity index (χ4n) is 3.02. The van der Waals surface area contributed by atoms with Crippen LogP contribution in [0.2, 0.25) is 0 Å². The average Bonchev–Trinajstić information content (AvgIpc) is 2.58. The Morgan fingerprint density at radius 1 is 1.00 bits per heavy atom. The van der Waals surface area contributed by atoms with Gasteiger partial charge in [0.15, 0.2) is 0 Å². The van der Waals surface area contributed by atoms with Gasteiger partial charge in [-0.2, -0.15) is 0 Å². The van der Waals surface area contributed by atoms with Gasteiger partial charge in [-0.25, -0.2) is 0 Å². The van der Waals surface area contributed by atoms with Crippen LogP contribution in [0.25, 0.3) is 0 Å². The molecular weight excluding hydrogens is 188 g/mol. The third kappa shape index (κ3) is 3.18. The molecule has 1 saturated carbocycles. The van der Waals surface area contributed by atoms with E-state index in [0.717, 1.165) is 25.4 Å². The van der Waals surface area contributed by atoms with E-state index in [1.807, 2.05) is 7.11 Å². The van der Waals surface area contributed by atoms with E-state index < -0.39 is 0 Å². The van der Waals surface area contributed by atoms with Gasteiger partial charge in [0.1, 0.15) is 0 Å². The van der Waals surface area contributed by atoms with Crippen molar-refractivity contribution in [1.29, 1.82) is 0 Å². The van der Waals surface area contributed by atoms with Crippen LogP contribution in [0.3, 0.4) is 0 Å². The van der Waals surface area contributed by atoms with E-state index >= 15 is 0 Å². The summed E-state index contributed by atoms with van der Waals surface area (Å²) in [4.78, 5) is 0. The van der Waals surface area contributed by atoms with Crippen LogP contribution >= 0.6 is 0 Å². The highest BCUT2D eigenvalue weighted by atomic mass is 16.5. The molecule has 0 aromatic heterocycles. The lowest BCUT2D eigenvalue weighted by Gasteiger charge is -2.33. The number of hydrogen-bond acceptors (Lipinski definition) is 2. The zero-order valence-electron chi connectivity index (χ0n) is 9.91. The van der Waals surface area contributed by atoms with Gasteiger partial charge in [0.05, 0.1) is 12.2 Å². The number of ether oxygens (including phenoxy) is 2. The summed E-state index contributed by atoms with van der Waals surface area (Å²) in [5, 5.41) is 0. The molecule has 2 atom stereocenters. The Bertz CT molecular complexity index is 173. The largest absolute Gasteiger partial charge is 0.381 e.